The molecule has 3 rings (SSSR count). The maximum Gasteiger partial charge on any atom is 0.261 e. The first-order valence-electron chi connectivity index (χ1n) is 7.73. The summed E-state index contributed by atoms with van der Waals surface area (Å²) < 4.78 is 0. The van der Waals surface area contributed by atoms with Crippen LogP contribution in [-0.4, -0.2) is 29.1 Å². The van der Waals surface area contributed by atoms with E-state index in [9.17, 15) is 14.7 Å². The molecule has 1 fully saturated rings. The minimum Gasteiger partial charge on any atom is -0.396 e. The van der Waals surface area contributed by atoms with Gasteiger partial charge in [-0.1, -0.05) is 30.3 Å². The van der Waals surface area contributed by atoms with E-state index in [-0.39, 0.29) is 17.6 Å². The van der Waals surface area contributed by atoms with Crippen molar-refractivity contribution in [2.45, 2.75) is 19.8 Å². The van der Waals surface area contributed by atoms with Crippen LogP contribution in [0.3, 0.4) is 0 Å². The molecule has 23 heavy (non-hydrogen) atoms. The van der Waals surface area contributed by atoms with Gasteiger partial charge in [-0.25, -0.2) is 0 Å². The quantitative estimate of drug-likeness (QED) is 0.788. The van der Waals surface area contributed by atoms with E-state index in [1.165, 1.54) is 0 Å². The Morgan fingerprint density at radius 1 is 1.30 bits per heavy atom. The van der Waals surface area contributed by atoms with Gasteiger partial charge in [-0.05, 0) is 31.4 Å². The van der Waals surface area contributed by atoms with Crippen molar-refractivity contribution in [2.24, 2.45) is 5.41 Å². The van der Waals surface area contributed by atoms with Gasteiger partial charge in [0, 0.05) is 23.2 Å². The second kappa shape index (κ2) is 6.01. The zero-order valence-corrected chi connectivity index (χ0v) is 13.1. The number of carbonyl (C=O) groups excluding carboxylic acids is 1. The lowest BCUT2D eigenvalue weighted by Crippen LogP contribution is -2.35. The number of rotatable bonds is 5. The first-order chi connectivity index (χ1) is 11.0. The predicted molar refractivity (Wildman–Crippen MR) is 88.3 cm³/mol. The Hall–Kier alpha value is -2.40. The number of aryl methyl sites for hydroxylation is 1. The standard InChI is InChI=1S/C18H20N2O3/c1-12-14(13-5-3-2-4-6-13)9-15(17(23)20-12)16(22)19-10-18(11-21)7-8-18/h2-6,9,21H,7-8,10-11H2,1H3,(H,19,22)(H,20,23). The van der Waals surface area contributed by atoms with Gasteiger partial charge in [0.2, 0.25) is 0 Å². The van der Waals surface area contributed by atoms with Gasteiger partial charge in [0.25, 0.3) is 11.5 Å². The molecule has 0 atom stereocenters. The minimum absolute atomic E-state index is 0.0623. The second-order valence-electron chi connectivity index (χ2n) is 6.26. The van der Waals surface area contributed by atoms with Crippen molar-refractivity contribution in [3.05, 3.63) is 58.0 Å². The van der Waals surface area contributed by atoms with Crippen LogP contribution in [-0.2, 0) is 0 Å². The molecular formula is C18H20N2O3. The minimum atomic E-state index is -0.400. The van der Waals surface area contributed by atoms with E-state index in [4.69, 9.17) is 0 Å². The molecule has 1 aliphatic carbocycles. The monoisotopic (exact) mass is 312 g/mol. The molecule has 0 radical (unpaired) electrons. The van der Waals surface area contributed by atoms with E-state index in [1.807, 2.05) is 37.3 Å². The Kier molecular flexibility index (Phi) is 4.05. The summed E-state index contributed by atoms with van der Waals surface area (Å²) in [5.41, 5.74) is 2.03. The number of aromatic amines is 1. The number of benzene rings is 1. The fourth-order valence-electron chi connectivity index (χ4n) is 2.64. The van der Waals surface area contributed by atoms with Gasteiger partial charge in [0.15, 0.2) is 0 Å². The summed E-state index contributed by atoms with van der Waals surface area (Å²) in [5, 5.41) is 12.1. The normalized spacial score (nSPS) is 15.2. The van der Waals surface area contributed by atoms with Crippen LogP contribution >= 0.6 is 0 Å². The van der Waals surface area contributed by atoms with Gasteiger partial charge in [0.1, 0.15) is 5.56 Å². The number of hydrogen-bond acceptors (Lipinski definition) is 3. The number of aliphatic hydroxyl groups excluding tert-OH is 1. The Morgan fingerprint density at radius 2 is 2.00 bits per heavy atom. The average molecular weight is 312 g/mol. The molecule has 0 spiro atoms. The van der Waals surface area contributed by atoms with Gasteiger partial charge in [-0.3, -0.25) is 9.59 Å². The maximum absolute atomic E-state index is 12.3. The summed E-state index contributed by atoms with van der Waals surface area (Å²) in [5.74, 6) is -0.400. The van der Waals surface area contributed by atoms with Gasteiger partial charge < -0.3 is 15.4 Å². The molecule has 5 heteroatoms. The third kappa shape index (κ3) is 3.19. The van der Waals surface area contributed by atoms with Gasteiger partial charge in [-0.2, -0.15) is 0 Å². The topological polar surface area (TPSA) is 82.2 Å². The number of amides is 1. The summed E-state index contributed by atoms with van der Waals surface area (Å²) in [4.78, 5) is 27.2. The van der Waals surface area contributed by atoms with E-state index >= 15 is 0 Å². The molecule has 2 aromatic rings. The fourth-order valence-corrected chi connectivity index (χ4v) is 2.64. The molecule has 1 heterocycles. The van der Waals surface area contributed by atoms with Crippen molar-refractivity contribution in [2.75, 3.05) is 13.2 Å². The molecule has 0 bridgehead atoms. The Morgan fingerprint density at radius 3 is 2.61 bits per heavy atom. The number of aromatic nitrogens is 1. The number of carbonyl (C=O) groups is 1. The smallest absolute Gasteiger partial charge is 0.261 e. The molecule has 1 aromatic heterocycles. The molecule has 0 saturated heterocycles. The van der Waals surface area contributed by atoms with Crippen molar-refractivity contribution in [3.8, 4) is 11.1 Å². The van der Waals surface area contributed by atoms with Crippen molar-refractivity contribution in [1.82, 2.24) is 10.3 Å². The van der Waals surface area contributed by atoms with Crippen LogP contribution in [0.1, 0.15) is 28.9 Å². The third-order valence-electron chi connectivity index (χ3n) is 4.48. The van der Waals surface area contributed by atoms with E-state index in [2.05, 4.69) is 10.3 Å². The number of nitrogens with one attached hydrogen (secondary N) is 2. The summed E-state index contributed by atoms with van der Waals surface area (Å²) in [6, 6.07) is 11.3. The molecule has 1 aromatic carbocycles. The van der Waals surface area contributed by atoms with Crippen LogP contribution in [0.15, 0.2) is 41.2 Å². The number of H-pyrrole nitrogens is 1. The van der Waals surface area contributed by atoms with Crippen LogP contribution in [0.4, 0.5) is 0 Å². The van der Waals surface area contributed by atoms with Crippen LogP contribution in [0.25, 0.3) is 11.1 Å². The van der Waals surface area contributed by atoms with Crippen LogP contribution in [0, 0.1) is 12.3 Å². The zero-order chi connectivity index (χ0) is 16.4. The highest BCUT2D eigenvalue weighted by Crippen LogP contribution is 2.44. The molecule has 5 nitrogen and oxygen atoms in total. The fraction of sp³-hybridized carbons (Fsp3) is 0.333. The van der Waals surface area contributed by atoms with Gasteiger partial charge >= 0.3 is 0 Å². The number of aliphatic hydroxyl groups is 1. The molecule has 0 aliphatic heterocycles. The van der Waals surface area contributed by atoms with E-state index in [0.29, 0.717) is 6.54 Å². The maximum atomic E-state index is 12.3. The highest BCUT2D eigenvalue weighted by Gasteiger charge is 2.42. The Balaban J connectivity index is 1.87. The number of hydrogen-bond donors (Lipinski definition) is 3. The van der Waals surface area contributed by atoms with E-state index in [1.54, 1.807) is 6.07 Å². The van der Waals surface area contributed by atoms with Crippen molar-refractivity contribution < 1.29 is 9.90 Å². The van der Waals surface area contributed by atoms with Gasteiger partial charge in [-0.15, -0.1) is 0 Å². The largest absolute Gasteiger partial charge is 0.396 e. The predicted octanol–water partition coefficient (Wildman–Crippen LogP) is 1.85. The number of pyridine rings is 1. The van der Waals surface area contributed by atoms with Crippen molar-refractivity contribution in [3.63, 3.8) is 0 Å². The van der Waals surface area contributed by atoms with Gasteiger partial charge in [0.05, 0.1) is 6.61 Å². The molecule has 120 valence electrons. The molecular weight excluding hydrogens is 292 g/mol. The lowest BCUT2D eigenvalue weighted by Gasteiger charge is -2.13. The van der Waals surface area contributed by atoms with Crippen LogP contribution in [0.2, 0.25) is 0 Å². The zero-order valence-electron chi connectivity index (χ0n) is 13.1. The Bertz CT molecular complexity index is 777. The molecule has 1 aliphatic rings. The highest BCUT2D eigenvalue weighted by atomic mass is 16.3. The van der Waals surface area contributed by atoms with Crippen molar-refractivity contribution >= 4 is 5.91 Å². The Labute approximate surface area is 134 Å². The average Bonchev–Trinajstić information content (AvgIpc) is 3.34. The highest BCUT2D eigenvalue weighted by molar-refractivity contribution is 5.95. The SMILES string of the molecule is Cc1[nH]c(=O)c(C(=O)NCC2(CO)CC2)cc1-c1ccccc1. The van der Waals surface area contributed by atoms with E-state index < -0.39 is 11.5 Å². The molecule has 1 saturated carbocycles. The molecule has 3 N–H and O–H groups in total. The first-order valence-corrected chi connectivity index (χ1v) is 7.73. The first kappa shape index (κ1) is 15.5. The lowest BCUT2D eigenvalue weighted by molar-refractivity contribution is 0.0933. The van der Waals surface area contributed by atoms with Crippen LogP contribution < -0.4 is 10.9 Å². The summed E-state index contributed by atoms with van der Waals surface area (Å²) >= 11 is 0. The van der Waals surface area contributed by atoms with Crippen molar-refractivity contribution in [1.29, 1.82) is 0 Å². The van der Waals surface area contributed by atoms with Crippen LogP contribution in [0.5, 0.6) is 0 Å². The van der Waals surface area contributed by atoms with E-state index in [0.717, 1.165) is 29.7 Å². The lowest BCUT2D eigenvalue weighted by atomic mass is 10.0. The molecule has 0 unspecified atom stereocenters. The summed E-state index contributed by atoms with van der Waals surface area (Å²) in [7, 11) is 0. The second-order valence-corrected chi connectivity index (χ2v) is 6.26. The third-order valence-corrected chi connectivity index (χ3v) is 4.48. The summed E-state index contributed by atoms with van der Waals surface area (Å²) in [6.45, 7) is 2.28. The molecule has 1 amide bonds. The summed E-state index contributed by atoms with van der Waals surface area (Å²) in [6.07, 6.45) is 1.81.